The standard InChI is InChI=1S/C47H74O18/c1-9-22(2)39(60)64-37-36(57)46(20-49)24(16-41(37,3)4)23-10-11-27-42(5)14-13-29(43(6,19-48)26(42)12-15-44(27,7)45(23,8)17-28(46)52)62-40-32(55)33(31(54)34(63-40)38(58)59)65-47(21-50)35(56)30(53)25(51)18-61-47/h9-10,24-37,40,48-57H,11-21H2,1-8H3,(H,58,59)/b22-9+/t24-,25+,26+,27+,28-,29-,30+,31-,32+,33-,34-,35-,36-,37-,40+,42-,43-,44+,45+,46-,47-/m0/s1. The van der Waals surface area contributed by atoms with E-state index in [2.05, 4.69) is 26.8 Å². The largest absolute Gasteiger partial charge is 0.479 e. The van der Waals surface area contributed by atoms with E-state index in [1.807, 2.05) is 20.8 Å². The SMILES string of the molecule is C/C=C(\C)C(=O)O[C@H]1[C@H](O)[C@]2(CO)[C@@H](O)C[C@]3(C)C(=CC[C@@H]4[C@@]5(C)CC[C@H](O[C@@H]6O[C@H](C(=O)O)[C@@H](O)[C@H](O[C@]7(CO)OC[C@@H](O)[C@@H](O)[C@@H]7O)[C@H]6O)[C@@](C)(CO)[C@@H]5CC[C@]43C)[C@@H]2CC1(C)C. The lowest BCUT2D eigenvalue weighted by atomic mass is 9.33. The number of rotatable bonds is 10. The molecule has 0 aromatic heterocycles. The van der Waals surface area contributed by atoms with Crippen molar-refractivity contribution in [2.45, 2.75) is 180 Å². The predicted octanol–water partition coefficient (Wildman–Crippen LogP) is 0.286. The lowest BCUT2D eigenvalue weighted by Gasteiger charge is -2.72. The van der Waals surface area contributed by atoms with Crippen molar-refractivity contribution in [3.63, 3.8) is 0 Å². The Morgan fingerprint density at radius 2 is 1.52 bits per heavy atom. The molecule has 7 rings (SSSR count). The monoisotopic (exact) mass is 926 g/mol. The number of esters is 1. The highest BCUT2D eigenvalue weighted by atomic mass is 16.8. The van der Waals surface area contributed by atoms with Crippen LogP contribution in [0.1, 0.15) is 100 Å². The fourth-order valence-electron chi connectivity index (χ4n) is 14.5. The van der Waals surface area contributed by atoms with Crippen LogP contribution in [-0.2, 0) is 33.3 Å². The molecule has 18 heteroatoms. The number of hydrogen-bond donors (Lipinski definition) is 11. The Labute approximate surface area is 380 Å². The summed E-state index contributed by atoms with van der Waals surface area (Å²) in [5.74, 6) is -5.27. The van der Waals surface area contributed by atoms with Crippen LogP contribution in [0.5, 0.6) is 0 Å². The van der Waals surface area contributed by atoms with Crippen molar-refractivity contribution in [1.29, 1.82) is 0 Å². The van der Waals surface area contributed by atoms with Crippen LogP contribution >= 0.6 is 0 Å². The van der Waals surface area contributed by atoms with Gasteiger partial charge in [-0.25, -0.2) is 9.59 Å². The van der Waals surface area contributed by atoms with Crippen molar-refractivity contribution >= 4 is 11.9 Å². The van der Waals surface area contributed by atoms with Crippen LogP contribution in [-0.4, -0.2) is 174 Å². The van der Waals surface area contributed by atoms with E-state index in [-0.39, 0.29) is 24.9 Å². The normalized spacial score (nSPS) is 51.9. The summed E-state index contributed by atoms with van der Waals surface area (Å²) in [5, 5.41) is 122. The first-order valence-corrected chi connectivity index (χ1v) is 23.2. The second-order valence-corrected chi connectivity index (χ2v) is 22.2. The number of aliphatic carboxylic acids is 1. The van der Waals surface area contributed by atoms with Gasteiger partial charge < -0.3 is 79.9 Å². The molecule has 21 atom stereocenters. The number of aliphatic hydroxyl groups excluding tert-OH is 10. The second-order valence-electron chi connectivity index (χ2n) is 22.2. The number of aliphatic hydroxyl groups is 10. The third-order valence-electron chi connectivity index (χ3n) is 18.8. The van der Waals surface area contributed by atoms with Crippen LogP contribution in [0.4, 0.5) is 0 Å². The van der Waals surface area contributed by atoms with Gasteiger partial charge in [-0.2, -0.15) is 0 Å². The smallest absolute Gasteiger partial charge is 0.335 e. The Morgan fingerprint density at radius 3 is 2.12 bits per heavy atom. The van der Waals surface area contributed by atoms with Crippen LogP contribution in [0.15, 0.2) is 23.3 Å². The number of carboxylic acids is 1. The lowest BCUT2D eigenvalue weighted by Crippen LogP contribution is -2.72. The Hall–Kier alpha value is -2.14. The molecule has 65 heavy (non-hydrogen) atoms. The van der Waals surface area contributed by atoms with E-state index < -0.39 is 149 Å². The molecule has 11 N–H and O–H groups in total. The highest BCUT2D eigenvalue weighted by Gasteiger charge is 2.73. The van der Waals surface area contributed by atoms with Crippen molar-refractivity contribution in [2.75, 3.05) is 26.4 Å². The molecule has 0 aromatic rings. The van der Waals surface area contributed by atoms with Gasteiger partial charge in [0.2, 0.25) is 5.79 Å². The average Bonchev–Trinajstić information content (AvgIpc) is 3.25. The summed E-state index contributed by atoms with van der Waals surface area (Å²) in [6, 6.07) is 0. The van der Waals surface area contributed by atoms with Crippen molar-refractivity contribution in [1.82, 2.24) is 0 Å². The van der Waals surface area contributed by atoms with E-state index in [0.717, 1.165) is 5.57 Å². The zero-order chi connectivity index (χ0) is 48.2. The van der Waals surface area contributed by atoms with Gasteiger partial charge in [-0.15, -0.1) is 0 Å². The van der Waals surface area contributed by atoms with Crippen LogP contribution in [0.2, 0.25) is 0 Å². The minimum absolute atomic E-state index is 0.0217. The summed E-state index contributed by atoms with van der Waals surface area (Å²) in [6.07, 6.45) is -12.1. The number of hydrogen-bond acceptors (Lipinski definition) is 17. The first-order chi connectivity index (χ1) is 30.2. The molecule has 0 spiro atoms. The molecule has 0 amide bonds. The van der Waals surface area contributed by atoms with Gasteiger partial charge in [0, 0.05) is 16.4 Å². The summed E-state index contributed by atoms with van der Waals surface area (Å²) in [6.45, 7) is 13.3. The van der Waals surface area contributed by atoms with E-state index in [0.29, 0.717) is 44.1 Å². The highest BCUT2D eigenvalue weighted by Crippen LogP contribution is 2.76. The van der Waals surface area contributed by atoms with Gasteiger partial charge in [0.25, 0.3) is 0 Å². The third kappa shape index (κ3) is 7.33. The zero-order valence-electron chi connectivity index (χ0n) is 38.9. The number of ether oxygens (including phenoxy) is 5. The number of fused-ring (bicyclic) bond motifs is 7. The molecular weight excluding hydrogens is 852 g/mol. The molecule has 6 fully saturated rings. The molecule has 2 saturated heterocycles. The third-order valence-corrected chi connectivity index (χ3v) is 18.8. The number of carboxylic acid groups (broad SMARTS) is 1. The Kier molecular flexibility index (Phi) is 13.6. The van der Waals surface area contributed by atoms with Gasteiger partial charge in [-0.1, -0.05) is 59.3 Å². The van der Waals surface area contributed by atoms with Crippen LogP contribution in [0.3, 0.4) is 0 Å². The van der Waals surface area contributed by atoms with Crippen molar-refractivity contribution in [2.24, 2.45) is 50.2 Å². The number of carbonyl (C=O) groups excluding carboxylic acids is 1. The van der Waals surface area contributed by atoms with Crippen molar-refractivity contribution < 1.29 is 89.4 Å². The molecule has 18 nitrogen and oxygen atoms in total. The van der Waals surface area contributed by atoms with Crippen LogP contribution in [0, 0.1) is 50.2 Å². The Bertz CT molecular complexity index is 1870. The van der Waals surface area contributed by atoms with Gasteiger partial charge in [0.05, 0.1) is 37.4 Å². The maximum absolute atomic E-state index is 13.1. The summed E-state index contributed by atoms with van der Waals surface area (Å²) in [7, 11) is 0. The summed E-state index contributed by atoms with van der Waals surface area (Å²) >= 11 is 0. The van der Waals surface area contributed by atoms with E-state index in [4.69, 9.17) is 23.7 Å². The van der Waals surface area contributed by atoms with Gasteiger partial charge >= 0.3 is 11.9 Å². The van der Waals surface area contributed by atoms with E-state index in [1.54, 1.807) is 19.9 Å². The summed E-state index contributed by atoms with van der Waals surface area (Å²) in [4.78, 5) is 25.5. The first kappa shape index (κ1) is 50.7. The lowest BCUT2D eigenvalue weighted by molar-refractivity contribution is -0.398. The molecule has 2 aliphatic heterocycles. The van der Waals surface area contributed by atoms with Crippen molar-refractivity contribution in [3.05, 3.63) is 23.3 Å². The molecule has 0 unspecified atom stereocenters. The molecular formula is C47H74O18. The minimum Gasteiger partial charge on any atom is -0.479 e. The highest BCUT2D eigenvalue weighted by molar-refractivity contribution is 5.87. The Balaban J connectivity index is 1.17. The molecule has 0 bridgehead atoms. The fourth-order valence-corrected chi connectivity index (χ4v) is 14.5. The second kappa shape index (κ2) is 17.4. The van der Waals surface area contributed by atoms with E-state index in [1.165, 1.54) is 0 Å². The topological polar surface area (TPSA) is 303 Å². The van der Waals surface area contributed by atoms with Crippen LogP contribution in [0.25, 0.3) is 0 Å². The average molecular weight is 927 g/mol. The summed E-state index contributed by atoms with van der Waals surface area (Å²) in [5.41, 5.74) is -3.06. The molecule has 2 heterocycles. The molecule has 4 saturated carbocycles. The van der Waals surface area contributed by atoms with Crippen LogP contribution < -0.4 is 0 Å². The quantitative estimate of drug-likeness (QED) is 0.0607. The molecule has 0 aromatic carbocycles. The van der Waals surface area contributed by atoms with Gasteiger partial charge in [-0.3, -0.25) is 0 Å². The first-order valence-electron chi connectivity index (χ1n) is 23.2. The maximum atomic E-state index is 13.1. The Morgan fingerprint density at radius 1 is 0.846 bits per heavy atom. The minimum atomic E-state index is -2.48. The number of allylic oxidation sites excluding steroid dienone is 3. The summed E-state index contributed by atoms with van der Waals surface area (Å²) < 4.78 is 29.4. The number of carbonyl (C=O) groups is 2. The molecule has 0 radical (unpaired) electrons. The maximum Gasteiger partial charge on any atom is 0.335 e. The fraction of sp³-hybridized carbons (Fsp3) is 0.872. The van der Waals surface area contributed by atoms with Gasteiger partial charge in [0.15, 0.2) is 12.4 Å². The zero-order valence-corrected chi connectivity index (χ0v) is 38.9. The van der Waals surface area contributed by atoms with Crippen molar-refractivity contribution in [3.8, 4) is 0 Å². The van der Waals surface area contributed by atoms with Gasteiger partial charge in [-0.05, 0) is 92.8 Å². The molecule has 370 valence electrons. The van der Waals surface area contributed by atoms with E-state index >= 15 is 0 Å². The predicted molar refractivity (Wildman–Crippen MR) is 227 cm³/mol. The molecule has 7 aliphatic rings. The molecule has 5 aliphatic carbocycles. The van der Waals surface area contributed by atoms with E-state index in [9.17, 15) is 65.8 Å². The van der Waals surface area contributed by atoms with Gasteiger partial charge in [0.1, 0.15) is 55.4 Å².